The maximum atomic E-state index is 13.3. The van der Waals surface area contributed by atoms with Crippen LogP contribution in [0.25, 0.3) is 0 Å². The van der Waals surface area contributed by atoms with Gasteiger partial charge < -0.3 is 4.90 Å². The number of para-hydroxylation sites is 1. The predicted octanol–water partition coefficient (Wildman–Crippen LogP) is 3.62. The van der Waals surface area contributed by atoms with Crippen molar-refractivity contribution in [3.05, 3.63) is 65.7 Å². The quantitative estimate of drug-likeness (QED) is 0.762. The van der Waals surface area contributed by atoms with Crippen LogP contribution in [0.15, 0.2) is 64.6 Å². The van der Waals surface area contributed by atoms with Crippen molar-refractivity contribution in [2.75, 3.05) is 18.8 Å². The summed E-state index contributed by atoms with van der Waals surface area (Å²) < 4.78 is 0. The number of carbonyl (C=O) groups is 2. The summed E-state index contributed by atoms with van der Waals surface area (Å²) in [5, 5.41) is 0.506. The number of carbonyl (C=O) groups excluding carboxylic acids is 2. The Bertz CT molecular complexity index is 999. The zero-order valence-electron chi connectivity index (χ0n) is 16.4. The fourth-order valence-corrected chi connectivity index (χ4v) is 4.40. The summed E-state index contributed by atoms with van der Waals surface area (Å²) in [5.74, 6) is 0.733. The van der Waals surface area contributed by atoms with Crippen LogP contribution >= 0.6 is 11.8 Å². The minimum atomic E-state index is -0.596. The number of rotatable bonds is 5. The van der Waals surface area contributed by atoms with Gasteiger partial charge in [-0.3, -0.25) is 9.59 Å². The SMILES string of the molecule is CCN(CC)C(=O)CSC1=Nc2ccccc2C2=N[C@@H](c3ccccc3)C(=O)N12. The number of hydrogen-bond acceptors (Lipinski definition) is 5. The van der Waals surface area contributed by atoms with Crippen LogP contribution in [0.5, 0.6) is 0 Å². The summed E-state index contributed by atoms with van der Waals surface area (Å²) in [6.07, 6.45) is 0. The number of benzene rings is 2. The van der Waals surface area contributed by atoms with Crippen LogP contribution < -0.4 is 0 Å². The molecule has 2 heterocycles. The van der Waals surface area contributed by atoms with E-state index in [0.717, 1.165) is 16.8 Å². The molecule has 0 saturated carbocycles. The summed E-state index contributed by atoms with van der Waals surface area (Å²) in [5.41, 5.74) is 2.45. The van der Waals surface area contributed by atoms with E-state index in [-0.39, 0.29) is 17.6 Å². The van der Waals surface area contributed by atoms with Gasteiger partial charge in [0.25, 0.3) is 5.91 Å². The first kappa shape index (κ1) is 19.4. The molecule has 0 unspecified atom stereocenters. The predicted molar refractivity (Wildman–Crippen MR) is 116 cm³/mol. The van der Waals surface area contributed by atoms with Crippen LogP contribution in [0.4, 0.5) is 5.69 Å². The summed E-state index contributed by atoms with van der Waals surface area (Å²) >= 11 is 1.29. The molecule has 0 saturated heterocycles. The monoisotopic (exact) mass is 406 g/mol. The first-order chi connectivity index (χ1) is 14.1. The summed E-state index contributed by atoms with van der Waals surface area (Å²) in [7, 11) is 0. The third-order valence-corrected chi connectivity index (χ3v) is 5.95. The van der Waals surface area contributed by atoms with E-state index >= 15 is 0 Å². The number of aliphatic imine (C=N–C) groups is 2. The van der Waals surface area contributed by atoms with Crippen LogP contribution in [0.1, 0.15) is 31.0 Å². The highest BCUT2D eigenvalue weighted by Gasteiger charge is 2.42. The van der Waals surface area contributed by atoms with Crippen LogP contribution in [0, 0.1) is 0 Å². The van der Waals surface area contributed by atoms with E-state index in [4.69, 9.17) is 4.99 Å². The Morgan fingerprint density at radius 3 is 2.48 bits per heavy atom. The number of amidine groups is 2. The highest BCUT2D eigenvalue weighted by molar-refractivity contribution is 8.14. The zero-order valence-corrected chi connectivity index (χ0v) is 17.2. The van der Waals surface area contributed by atoms with Gasteiger partial charge in [0.15, 0.2) is 11.2 Å². The lowest BCUT2D eigenvalue weighted by Crippen LogP contribution is -2.40. The van der Waals surface area contributed by atoms with E-state index in [2.05, 4.69) is 4.99 Å². The van der Waals surface area contributed by atoms with E-state index in [1.807, 2.05) is 68.4 Å². The van der Waals surface area contributed by atoms with Crippen LogP contribution in [0.3, 0.4) is 0 Å². The third kappa shape index (κ3) is 3.58. The Balaban J connectivity index is 1.67. The Hall–Kier alpha value is -2.93. The van der Waals surface area contributed by atoms with E-state index in [1.54, 1.807) is 9.80 Å². The lowest BCUT2D eigenvalue weighted by molar-refractivity contribution is -0.128. The second-order valence-corrected chi connectivity index (χ2v) is 7.65. The molecule has 2 aliphatic heterocycles. The van der Waals surface area contributed by atoms with Crippen LogP contribution in [0.2, 0.25) is 0 Å². The Labute approximate surface area is 174 Å². The molecule has 148 valence electrons. The van der Waals surface area contributed by atoms with Gasteiger partial charge in [0.1, 0.15) is 5.84 Å². The zero-order chi connectivity index (χ0) is 20.4. The van der Waals surface area contributed by atoms with Crippen LogP contribution in [-0.4, -0.2) is 51.5 Å². The molecule has 0 N–H and O–H groups in total. The number of hydrogen-bond donors (Lipinski definition) is 0. The van der Waals surface area contributed by atoms with E-state index < -0.39 is 6.04 Å². The lowest BCUT2D eigenvalue weighted by atomic mass is 10.1. The Morgan fingerprint density at radius 2 is 1.76 bits per heavy atom. The molecule has 2 aromatic carbocycles. The minimum Gasteiger partial charge on any atom is -0.343 e. The first-order valence-corrected chi connectivity index (χ1v) is 10.7. The normalized spacial score (nSPS) is 17.4. The number of nitrogens with zero attached hydrogens (tertiary/aromatic N) is 4. The summed E-state index contributed by atoms with van der Waals surface area (Å²) in [6.45, 7) is 5.24. The average molecular weight is 407 g/mol. The highest BCUT2D eigenvalue weighted by atomic mass is 32.2. The van der Waals surface area contributed by atoms with Crippen molar-refractivity contribution >= 4 is 40.3 Å². The van der Waals surface area contributed by atoms with Crippen molar-refractivity contribution in [2.24, 2.45) is 9.98 Å². The average Bonchev–Trinajstić information content (AvgIpc) is 3.11. The molecule has 0 radical (unpaired) electrons. The van der Waals surface area contributed by atoms with E-state index in [9.17, 15) is 9.59 Å². The highest BCUT2D eigenvalue weighted by Crippen LogP contribution is 2.37. The Kier molecular flexibility index (Phi) is 5.49. The molecule has 0 aromatic heterocycles. The fraction of sp³-hybridized carbons (Fsp3) is 0.273. The van der Waals surface area contributed by atoms with Gasteiger partial charge >= 0.3 is 0 Å². The van der Waals surface area contributed by atoms with Gasteiger partial charge in [-0.15, -0.1) is 0 Å². The van der Waals surface area contributed by atoms with E-state index in [0.29, 0.717) is 24.1 Å². The van der Waals surface area contributed by atoms with Crippen molar-refractivity contribution in [2.45, 2.75) is 19.9 Å². The second kappa shape index (κ2) is 8.21. The molecule has 29 heavy (non-hydrogen) atoms. The molecule has 0 fully saturated rings. The lowest BCUT2D eigenvalue weighted by Gasteiger charge is -2.26. The van der Waals surface area contributed by atoms with Crippen molar-refractivity contribution in [3.63, 3.8) is 0 Å². The second-order valence-electron chi connectivity index (χ2n) is 6.71. The molecule has 4 rings (SSSR count). The van der Waals surface area contributed by atoms with Gasteiger partial charge in [-0.1, -0.05) is 54.2 Å². The molecule has 2 aromatic rings. The van der Waals surface area contributed by atoms with Crippen molar-refractivity contribution in [1.82, 2.24) is 9.80 Å². The van der Waals surface area contributed by atoms with Gasteiger partial charge in [0.2, 0.25) is 5.91 Å². The molecule has 7 heteroatoms. The number of thioether (sulfide) groups is 1. The molecule has 0 aliphatic carbocycles. The van der Waals surface area contributed by atoms with Crippen molar-refractivity contribution in [1.29, 1.82) is 0 Å². The third-order valence-electron chi connectivity index (χ3n) is 5.03. The molecule has 6 nitrogen and oxygen atoms in total. The molecule has 0 bridgehead atoms. The first-order valence-electron chi connectivity index (χ1n) is 9.69. The summed E-state index contributed by atoms with van der Waals surface area (Å²) in [4.78, 5) is 38.5. The molecule has 2 amide bonds. The van der Waals surface area contributed by atoms with Crippen molar-refractivity contribution in [3.8, 4) is 0 Å². The van der Waals surface area contributed by atoms with Gasteiger partial charge in [-0.2, -0.15) is 0 Å². The maximum Gasteiger partial charge on any atom is 0.263 e. The standard InChI is InChI=1S/C22H22N4O2S/c1-3-25(4-2)18(27)14-29-22-23-17-13-9-8-12-16(17)20-24-19(21(28)26(20)22)15-10-6-5-7-11-15/h5-13,19H,3-4,14H2,1-2H3/t19-/m0/s1. The Morgan fingerprint density at radius 1 is 1.07 bits per heavy atom. The number of amides is 2. The molecular weight excluding hydrogens is 384 g/mol. The topological polar surface area (TPSA) is 65.3 Å². The number of fused-ring (bicyclic) bond motifs is 3. The molecular formula is C22H22N4O2S. The molecule has 1 atom stereocenters. The van der Waals surface area contributed by atoms with Gasteiger partial charge in [-0.05, 0) is 31.5 Å². The molecule has 0 spiro atoms. The smallest absolute Gasteiger partial charge is 0.263 e. The molecule has 2 aliphatic rings. The van der Waals surface area contributed by atoms with Gasteiger partial charge in [0, 0.05) is 18.7 Å². The van der Waals surface area contributed by atoms with E-state index in [1.165, 1.54) is 11.8 Å². The van der Waals surface area contributed by atoms with Crippen LogP contribution in [-0.2, 0) is 9.59 Å². The van der Waals surface area contributed by atoms with Gasteiger partial charge in [-0.25, -0.2) is 14.9 Å². The fourth-order valence-electron chi connectivity index (χ4n) is 3.49. The van der Waals surface area contributed by atoms with Crippen molar-refractivity contribution < 1.29 is 9.59 Å². The maximum absolute atomic E-state index is 13.3. The summed E-state index contributed by atoms with van der Waals surface area (Å²) in [6, 6.07) is 16.6. The van der Waals surface area contributed by atoms with Gasteiger partial charge in [0.05, 0.1) is 11.4 Å². The minimum absolute atomic E-state index is 0.0336. The largest absolute Gasteiger partial charge is 0.343 e.